The lowest BCUT2D eigenvalue weighted by Gasteiger charge is -2.50. The SMILES string of the molecule is COc1ccccc1-c1noc(CCC(=O)N[C@@]2(C)CC3(CCNCC3)OCC2O)n1. The van der Waals surface area contributed by atoms with Crippen molar-refractivity contribution < 1.29 is 23.9 Å². The zero-order valence-corrected chi connectivity index (χ0v) is 18.0. The molecule has 3 N–H and O–H groups in total. The van der Waals surface area contributed by atoms with Crippen molar-refractivity contribution in [2.75, 3.05) is 26.8 Å². The van der Waals surface area contributed by atoms with Crippen molar-refractivity contribution in [3.05, 3.63) is 30.2 Å². The Morgan fingerprint density at radius 3 is 2.90 bits per heavy atom. The molecule has 2 atom stereocenters. The summed E-state index contributed by atoms with van der Waals surface area (Å²) in [7, 11) is 1.59. The number of hydrogen-bond donors (Lipinski definition) is 3. The molecule has 2 saturated heterocycles. The minimum absolute atomic E-state index is 0.162. The average Bonchev–Trinajstić information content (AvgIpc) is 3.25. The van der Waals surface area contributed by atoms with Gasteiger partial charge in [0, 0.05) is 19.3 Å². The molecular weight excluding hydrogens is 400 g/mol. The van der Waals surface area contributed by atoms with E-state index in [0.29, 0.717) is 30.3 Å². The van der Waals surface area contributed by atoms with Crippen molar-refractivity contribution in [2.45, 2.75) is 56.3 Å². The molecule has 0 bridgehead atoms. The van der Waals surface area contributed by atoms with Gasteiger partial charge in [-0.3, -0.25) is 4.79 Å². The largest absolute Gasteiger partial charge is 0.496 e. The molecule has 168 valence electrons. The van der Waals surface area contributed by atoms with E-state index in [2.05, 4.69) is 20.8 Å². The zero-order valence-electron chi connectivity index (χ0n) is 18.0. The minimum atomic E-state index is -0.752. The molecule has 0 aliphatic carbocycles. The Morgan fingerprint density at radius 1 is 1.35 bits per heavy atom. The van der Waals surface area contributed by atoms with Crippen LogP contribution in [0.2, 0.25) is 0 Å². The van der Waals surface area contributed by atoms with Crippen LogP contribution in [0.25, 0.3) is 11.4 Å². The van der Waals surface area contributed by atoms with Crippen LogP contribution in [-0.4, -0.2) is 65.2 Å². The van der Waals surface area contributed by atoms with Gasteiger partial charge in [-0.15, -0.1) is 0 Å². The van der Waals surface area contributed by atoms with Crippen LogP contribution in [-0.2, 0) is 16.0 Å². The first-order valence-electron chi connectivity index (χ1n) is 10.7. The summed E-state index contributed by atoms with van der Waals surface area (Å²) >= 11 is 0. The monoisotopic (exact) mass is 430 g/mol. The number of aryl methyl sites for hydroxylation is 1. The summed E-state index contributed by atoms with van der Waals surface area (Å²) in [4.78, 5) is 17.1. The number of carbonyl (C=O) groups excluding carboxylic acids is 1. The summed E-state index contributed by atoms with van der Waals surface area (Å²) in [5.41, 5.74) is -0.290. The summed E-state index contributed by atoms with van der Waals surface area (Å²) in [6.07, 6.45) is 2.08. The second-order valence-corrected chi connectivity index (χ2v) is 8.61. The van der Waals surface area contributed by atoms with Crippen molar-refractivity contribution in [1.82, 2.24) is 20.8 Å². The predicted octanol–water partition coefficient (Wildman–Crippen LogP) is 1.46. The van der Waals surface area contributed by atoms with E-state index in [1.54, 1.807) is 7.11 Å². The van der Waals surface area contributed by atoms with Gasteiger partial charge in [0.25, 0.3) is 0 Å². The first-order chi connectivity index (χ1) is 14.9. The maximum absolute atomic E-state index is 12.7. The van der Waals surface area contributed by atoms with Gasteiger partial charge in [-0.05, 0) is 45.0 Å². The molecule has 2 aromatic rings. The number of nitrogens with one attached hydrogen (secondary N) is 2. The standard InChI is InChI=1S/C22H30N4O5/c1-21(14-22(30-13-17(21)27)9-11-23-12-10-22)25-18(28)7-8-19-24-20(26-31-19)15-5-3-4-6-16(15)29-2/h3-6,17,23,27H,7-14H2,1-2H3,(H,25,28)/t17?,21-/m0/s1. The zero-order chi connectivity index (χ0) is 21.9. The van der Waals surface area contributed by atoms with Gasteiger partial charge in [0.05, 0.1) is 30.4 Å². The number of rotatable bonds is 6. The number of benzene rings is 1. The molecule has 4 rings (SSSR count). The van der Waals surface area contributed by atoms with Gasteiger partial charge in [0.2, 0.25) is 17.6 Å². The number of aliphatic hydroxyl groups excluding tert-OH is 1. The normalized spacial score (nSPS) is 25.3. The molecule has 1 aromatic heterocycles. The fraction of sp³-hybridized carbons (Fsp3) is 0.591. The summed E-state index contributed by atoms with van der Waals surface area (Å²) in [5, 5.41) is 20.9. The third kappa shape index (κ3) is 4.73. The smallest absolute Gasteiger partial charge is 0.227 e. The molecule has 31 heavy (non-hydrogen) atoms. The molecule has 3 heterocycles. The van der Waals surface area contributed by atoms with Crippen LogP contribution in [0.15, 0.2) is 28.8 Å². The fourth-order valence-corrected chi connectivity index (χ4v) is 4.51. The Bertz CT molecular complexity index is 911. The Balaban J connectivity index is 1.36. The lowest BCUT2D eigenvalue weighted by atomic mass is 9.75. The summed E-state index contributed by atoms with van der Waals surface area (Å²) in [5.74, 6) is 1.29. The van der Waals surface area contributed by atoms with E-state index in [0.717, 1.165) is 31.5 Å². The van der Waals surface area contributed by atoms with Gasteiger partial charge < -0.3 is 29.7 Å². The Labute approximate surface area is 181 Å². The quantitative estimate of drug-likeness (QED) is 0.630. The van der Waals surface area contributed by atoms with Crippen LogP contribution in [0, 0.1) is 0 Å². The topological polar surface area (TPSA) is 119 Å². The minimum Gasteiger partial charge on any atom is -0.496 e. The summed E-state index contributed by atoms with van der Waals surface area (Å²) in [6, 6.07) is 7.42. The van der Waals surface area contributed by atoms with Gasteiger partial charge in [0.1, 0.15) is 11.9 Å². The Morgan fingerprint density at radius 2 is 2.13 bits per heavy atom. The fourth-order valence-electron chi connectivity index (χ4n) is 4.51. The molecule has 1 aromatic carbocycles. The number of aliphatic hydroxyl groups is 1. The third-order valence-corrected chi connectivity index (χ3v) is 6.29. The molecule has 0 radical (unpaired) electrons. The van der Waals surface area contributed by atoms with E-state index < -0.39 is 11.6 Å². The first kappa shape index (κ1) is 21.7. The highest BCUT2D eigenvalue weighted by atomic mass is 16.5. The van der Waals surface area contributed by atoms with Crippen LogP contribution in [0.3, 0.4) is 0 Å². The van der Waals surface area contributed by atoms with E-state index in [4.69, 9.17) is 14.0 Å². The number of carbonyl (C=O) groups is 1. The van der Waals surface area contributed by atoms with Crippen LogP contribution in [0.1, 0.15) is 38.5 Å². The maximum atomic E-state index is 12.7. The molecular formula is C22H30N4O5. The van der Waals surface area contributed by atoms with Crippen molar-refractivity contribution in [3.8, 4) is 17.1 Å². The van der Waals surface area contributed by atoms with Crippen LogP contribution >= 0.6 is 0 Å². The second-order valence-electron chi connectivity index (χ2n) is 8.61. The molecule has 0 saturated carbocycles. The number of hydrogen-bond acceptors (Lipinski definition) is 8. The number of nitrogens with zero attached hydrogens (tertiary/aromatic N) is 2. The predicted molar refractivity (Wildman–Crippen MR) is 113 cm³/mol. The lowest BCUT2D eigenvalue weighted by molar-refractivity contribution is -0.174. The highest BCUT2D eigenvalue weighted by molar-refractivity contribution is 5.77. The molecule has 2 aliphatic heterocycles. The number of para-hydroxylation sites is 1. The van der Waals surface area contributed by atoms with Crippen molar-refractivity contribution >= 4 is 5.91 Å². The van der Waals surface area contributed by atoms with E-state index in [1.807, 2.05) is 31.2 Å². The van der Waals surface area contributed by atoms with Crippen LogP contribution < -0.4 is 15.4 Å². The number of aromatic nitrogens is 2. The Kier molecular flexibility index (Phi) is 6.27. The maximum Gasteiger partial charge on any atom is 0.227 e. The summed E-state index contributed by atoms with van der Waals surface area (Å²) in [6.45, 7) is 3.88. The second kappa shape index (κ2) is 8.94. The molecule has 1 spiro atoms. The van der Waals surface area contributed by atoms with Crippen molar-refractivity contribution in [3.63, 3.8) is 0 Å². The Hall–Kier alpha value is -2.49. The van der Waals surface area contributed by atoms with Crippen molar-refractivity contribution in [2.24, 2.45) is 0 Å². The average molecular weight is 431 g/mol. The number of piperidine rings is 1. The number of amides is 1. The molecule has 1 unspecified atom stereocenters. The van der Waals surface area contributed by atoms with Gasteiger partial charge in [-0.2, -0.15) is 4.98 Å². The van der Waals surface area contributed by atoms with Gasteiger partial charge in [-0.1, -0.05) is 17.3 Å². The molecule has 1 amide bonds. The molecule has 2 aliphatic rings. The lowest BCUT2D eigenvalue weighted by Crippen LogP contribution is -2.65. The van der Waals surface area contributed by atoms with Crippen LogP contribution in [0.4, 0.5) is 0 Å². The first-order valence-corrected chi connectivity index (χ1v) is 10.7. The van der Waals surface area contributed by atoms with E-state index in [1.165, 1.54) is 0 Å². The highest BCUT2D eigenvalue weighted by Crippen LogP contribution is 2.38. The van der Waals surface area contributed by atoms with E-state index in [-0.39, 0.29) is 24.5 Å². The third-order valence-electron chi connectivity index (χ3n) is 6.29. The van der Waals surface area contributed by atoms with Gasteiger partial charge in [0.15, 0.2) is 0 Å². The highest BCUT2D eigenvalue weighted by Gasteiger charge is 2.49. The molecule has 9 nitrogen and oxygen atoms in total. The van der Waals surface area contributed by atoms with Crippen molar-refractivity contribution in [1.29, 1.82) is 0 Å². The van der Waals surface area contributed by atoms with Gasteiger partial charge >= 0.3 is 0 Å². The van der Waals surface area contributed by atoms with E-state index in [9.17, 15) is 9.90 Å². The number of methoxy groups -OCH3 is 1. The molecule has 9 heteroatoms. The van der Waals surface area contributed by atoms with Gasteiger partial charge in [-0.25, -0.2) is 0 Å². The summed E-state index contributed by atoms with van der Waals surface area (Å²) < 4.78 is 16.7. The van der Waals surface area contributed by atoms with Crippen LogP contribution in [0.5, 0.6) is 5.75 Å². The molecule has 2 fully saturated rings. The number of ether oxygens (including phenoxy) is 2. The van der Waals surface area contributed by atoms with E-state index >= 15 is 0 Å².